The zero-order valence-corrected chi connectivity index (χ0v) is 5.86. The van der Waals surface area contributed by atoms with Gasteiger partial charge in [0.15, 0.2) is 0 Å². The molecule has 0 radical (unpaired) electrons. The van der Waals surface area contributed by atoms with E-state index in [0.29, 0.717) is 0 Å². The van der Waals surface area contributed by atoms with E-state index in [1.54, 1.807) is 4.72 Å². The average Bonchev–Trinajstić information content (AvgIpc) is 1.95. The third kappa shape index (κ3) is 0.750. The molecule has 10 heavy (non-hydrogen) atoms. The average molecular weight is 159 g/mol. The Hall–Kier alpha value is -1.10. The van der Waals surface area contributed by atoms with Crippen LogP contribution in [0.25, 0.3) is 0 Å². The maximum Gasteiger partial charge on any atom is 0.265 e. The maximum atomic E-state index is 10.7. The van der Waals surface area contributed by atoms with Crippen LogP contribution in [0.3, 0.4) is 0 Å². The molecule has 0 aliphatic carbocycles. The molecule has 0 aromatic carbocycles. The molecule has 4 nitrogen and oxygen atoms in total. The Kier molecular flexibility index (Phi) is 1.19. The van der Waals surface area contributed by atoms with Crippen molar-refractivity contribution in [2.45, 2.75) is 0 Å². The molecule has 1 rings (SSSR count). The van der Waals surface area contributed by atoms with Gasteiger partial charge in [0.25, 0.3) is 15.9 Å². The van der Waals surface area contributed by atoms with E-state index in [0.717, 1.165) is 0 Å². The van der Waals surface area contributed by atoms with Crippen molar-refractivity contribution in [1.82, 2.24) is 4.72 Å². The Morgan fingerprint density at radius 3 is 1.90 bits per heavy atom. The summed E-state index contributed by atoms with van der Waals surface area (Å²) in [7, 11) is -3.62. The molecule has 1 amide bonds. The highest BCUT2D eigenvalue weighted by Crippen LogP contribution is 2.18. The third-order valence-corrected chi connectivity index (χ3v) is 2.51. The number of hydrogen-bond donors (Lipinski definition) is 1. The van der Waals surface area contributed by atoms with E-state index in [9.17, 15) is 13.2 Å². The molecule has 1 N–H and O–H groups in total. The largest absolute Gasteiger partial charge is 0.268 e. The van der Waals surface area contributed by atoms with Crippen LogP contribution in [0.5, 0.6) is 0 Å². The predicted molar refractivity (Wildman–Crippen MR) is 35.3 cm³/mol. The van der Waals surface area contributed by atoms with Crippen molar-refractivity contribution in [3.8, 4) is 0 Å². The number of amides is 1. The first-order chi connectivity index (χ1) is 4.45. The van der Waals surface area contributed by atoms with Crippen LogP contribution in [-0.2, 0) is 14.8 Å². The van der Waals surface area contributed by atoms with E-state index < -0.39 is 15.9 Å². The van der Waals surface area contributed by atoms with Gasteiger partial charge >= 0.3 is 0 Å². The molecule has 0 aromatic heterocycles. The lowest BCUT2D eigenvalue weighted by Crippen LogP contribution is -2.19. The number of carbonyl (C=O) groups excluding carboxylic acids is 1. The monoisotopic (exact) mass is 159 g/mol. The lowest BCUT2D eigenvalue weighted by Gasteiger charge is -1.88. The van der Waals surface area contributed by atoms with Crippen LogP contribution < -0.4 is 4.72 Å². The molecule has 0 aromatic rings. The normalized spacial score (nSPS) is 23.0. The highest BCUT2D eigenvalue weighted by molar-refractivity contribution is 7.94. The lowest BCUT2D eigenvalue weighted by atomic mass is 10.3. The van der Waals surface area contributed by atoms with Gasteiger partial charge in [0.1, 0.15) is 0 Å². The summed E-state index contributed by atoms with van der Waals surface area (Å²) in [6.07, 6.45) is 0. The van der Waals surface area contributed by atoms with Crippen molar-refractivity contribution >= 4 is 15.9 Å². The van der Waals surface area contributed by atoms with Crippen molar-refractivity contribution in [3.05, 3.63) is 23.6 Å². The quantitative estimate of drug-likeness (QED) is 0.485. The summed E-state index contributed by atoms with van der Waals surface area (Å²) >= 11 is 0. The highest BCUT2D eigenvalue weighted by atomic mass is 32.2. The zero-order chi connectivity index (χ0) is 7.94. The number of carbonyl (C=O) groups is 1. The summed E-state index contributed by atoms with van der Waals surface area (Å²) in [5, 5.41) is 0. The van der Waals surface area contributed by atoms with Crippen molar-refractivity contribution in [1.29, 1.82) is 0 Å². The fourth-order valence-electron chi connectivity index (χ4n) is 0.534. The minimum Gasteiger partial charge on any atom is -0.268 e. The molecule has 0 bridgehead atoms. The molecular weight excluding hydrogens is 154 g/mol. The first kappa shape index (κ1) is 7.01. The van der Waals surface area contributed by atoms with Crippen LogP contribution in [-0.4, -0.2) is 14.3 Å². The van der Waals surface area contributed by atoms with Gasteiger partial charge in [-0.3, -0.25) is 4.79 Å². The molecule has 1 aliphatic heterocycles. The highest BCUT2D eigenvalue weighted by Gasteiger charge is 2.32. The van der Waals surface area contributed by atoms with Gasteiger partial charge in [0.2, 0.25) is 0 Å². The smallest absolute Gasteiger partial charge is 0.265 e. The van der Waals surface area contributed by atoms with Crippen molar-refractivity contribution in [2.24, 2.45) is 0 Å². The van der Waals surface area contributed by atoms with E-state index in [1.807, 2.05) is 0 Å². The second-order valence-electron chi connectivity index (χ2n) is 1.84. The lowest BCUT2D eigenvalue weighted by molar-refractivity contribution is -0.115. The van der Waals surface area contributed by atoms with E-state index in [2.05, 4.69) is 13.2 Å². The van der Waals surface area contributed by atoms with E-state index >= 15 is 0 Å². The number of rotatable bonds is 0. The number of hydrogen-bond acceptors (Lipinski definition) is 3. The Balaban J connectivity index is 3.30. The minimum absolute atomic E-state index is 0.0833. The van der Waals surface area contributed by atoms with Gasteiger partial charge in [0, 0.05) is 0 Å². The molecule has 1 heterocycles. The molecule has 1 aliphatic rings. The second kappa shape index (κ2) is 1.69. The molecule has 54 valence electrons. The van der Waals surface area contributed by atoms with Crippen LogP contribution in [0, 0.1) is 0 Å². The molecule has 5 heteroatoms. The zero-order valence-electron chi connectivity index (χ0n) is 5.05. The minimum atomic E-state index is -3.62. The summed E-state index contributed by atoms with van der Waals surface area (Å²) in [5.74, 6) is -0.690. The van der Waals surface area contributed by atoms with E-state index in [1.165, 1.54) is 0 Å². The van der Waals surface area contributed by atoms with Crippen molar-refractivity contribution in [3.63, 3.8) is 0 Å². The Morgan fingerprint density at radius 1 is 1.30 bits per heavy atom. The predicted octanol–water partition coefficient (Wildman–Crippen LogP) is -0.484. The van der Waals surface area contributed by atoms with E-state index in [4.69, 9.17) is 0 Å². The van der Waals surface area contributed by atoms with Crippen LogP contribution >= 0.6 is 0 Å². The van der Waals surface area contributed by atoms with Crippen LogP contribution in [0.15, 0.2) is 23.6 Å². The maximum absolute atomic E-state index is 10.7. The Labute approximate surface area is 58.3 Å². The standard InChI is InChI=1S/C5H5NO3S/c1-3-4(2)10(8,9)6-5(3)7/h1-2H2,(H,6,7). The van der Waals surface area contributed by atoms with Crippen molar-refractivity contribution in [2.75, 3.05) is 0 Å². The van der Waals surface area contributed by atoms with Crippen LogP contribution in [0.1, 0.15) is 0 Å². The molecule has 1 saturated heterocycles. The molecule has 0 unspecified atom stereocenters. The fraction of sp³-hybridized carbons (Fsp3) is 0. The molecule has 0 spiro atoms. The molecule has 1 fully saturated rings. The first-order valence-corrected chi connectivity index (χ1v) is 3.89. The van der Waals surface area contributed by atoms with Gasteiger partial charge in [-0.15, -0.1) is 0 Å². The molecule has 0 atom stereocenters. The third-order valence-electron chi connectivity index (χ3n) is 1.16. The molecular formula is C5H5NO3S. The summed E-state index contributed by atoms with van der Waals surface area (Å²) in [6, 6.07) is 0. The number of sulfonamides is 1. The summed E-state index contributed by atoms with van der Waals surface area (Å²) < 4.78 is 23.1. The van der Waals surface area contributed by atoms with Gasteiger partial charge in [-0.1, -0.05) is 13.2 Å². The summed E-state index contributed by atoms with van der Waals surface area (Å²) in [4.78, 5) is 10.3. The van der Waals surface area contributed by atoms with Gasteiger partial charge in [0.05, 0.1) is 10.5 Å². The Bertz CT molecular complexity index is 325. The van der Waals surface area contributed by atoms with E-state index in [-0.39, 0.29) is 10.5 Å². The van der Waals surface area contributed by atoms with Gasteiger partial charge in [-0.2, -0.15) is 0 Å². The first-order valence-electron chi connectivity index (χ1n) is 2.40. The summed E-state index contributed by atoms with van der Waals surface area (Å²) in [6.45, 7) is 6.39. The second-order valence-corrected chi connectivity index (χ2v) is 3.54. The van der Waals surface area contributed by atoms with Gasteiger partial charge in [-0.05, 0) is 0 Å². The van der Waals surface area contributed by atoms with Crippen LogP contribution in [0.2, 0.25) is 0 Å². The fourth-order valence-corrected chi connectivity index (χ4v) is 1.44. The SMILES string of the molecule is C=C1C(=C)S(=O)(=O)NC1=O. The van der Waals surface area contributed by atoms with Crippen molar-refractivity contribution < 1.29 is 13.2 Å². The molecule has 0 saturated carbocycles. The topological polar surface area (TPSA) is 63.2 Å². The van der Waals surface area contributed by atoms with Gasteiger partial charge in [-0.25, -0.2) is 13.1 Å². The van der Waals surface area contributed by atoms with Crippen LogP contribution in [0.4, 0.5) is 0 Å². The Morgan fingerprint density at radius 2 is 1.80 bits per heavy atom. The summed E-state index contributed by atoms with van der Waals surface area (Å²) in [5.41, 5.74) is -0.0833. The number of nitrogens with one attached hydrogen (secondary N) is 1. The van der Waals surface area contributed by atoms with Gasteiger partial charge < -0.3 is 0 Å².